The van der Waals surface area contributed by atoms with Gasteiger partial charge in [0, 0.05) is 80.5 Å². The van der Waals surface area contributed by atoms with Crippen LogP contribution in [0.4, 0.5) is 4.79 Å². The van der Waals surface area contributed by atoms with Crippen LogP contribution in [0.3, 0.4) is 0 Å². The lowest BCUT2D eigenvalue weighted by atomic mass is 9.78. The van der Waals surface area contributed by atoms with E-state index < -0.39 is 0 Å². The van der Waals surface area contributed by atoms with Crippen molar-refractivity contribution in [3.63, 3.8) is 0 Å². The quantitative estimate of drug-likeness (QED) is 0.0228. The summed E-state index contributed by atoms with van der Waals surface area (Å²) < 4.78 is 0. The van der Waals surface area contributed by atoms with Crippen molar-refractivity contribution in [2.75, 3.05) is 26.2 Å². The smallest absolute Gasteiger partial charge is 0.317 e. The Balaban J connectivity index is 0.00000117. The molecular formula is C92H161N7O6. The molecule has 4 saturated carbocycles. The molecule has 0 unspecified atom stereocenters. The summed E-state index contributed by atoms with van der Waals surface area (Å²) in [5.74, 6) is 7.23. The number of nitrogens with zero attached hydrogens (tertiary/aromatic N) is 1. The van der Waals surface area contributed by atoms with Crippen LogP contribution in [0.15, 0.2) is 121 Å². The van der Waals surface area contributed by atoms with Gasteiger partial charge < -0.3 is 41.6 Å². The average Bonchev–Trinajstić information content (AvgIpc) is 1.78. The van der Waals surface area contributed by atoms with Crippen molar-refractivity contribution in [1.29, 1.82) is 0 Å². The monoisotopic (exact) mass is 1460 g/mol. The zero-order valence-electron chi connectivity index (χ0n) is 69.9. The minimum absolute atomic E-state index is 0.0175. The summed E-state index contributed by atoms with van der Waals surface area (Å²) in [6.07, 6.45) is 73.5. The molecule has 0 aromatic rings. The molecular weight excluding hydrogens is 1300 g/mol. The molecule has 0 aromatic carbocycles. The van der Waals surface area contributed by atoms with E-state index in [0.29, 0.717) is 24.4 Å². The van der Waals surface area contributed by atoms with Gasteiger partial charge in [0.05, 0.1) is 0 Å². The van der Waals surface area contributed by atoms with Crippen molar-refractivity contribution in [3.8, 4) is 0 Å². The topological polar surface area (TPSA) is 178 Å². The molecule has 6 aliphatic carbocycles. The fourth-order valence-electron chi connectivity index (χ4n) is 15.0. The van der Waals surface area contributed by atoms with E-state index in [4.69, 9.17) is 4.79 Å². The van der Waals surface area contributed by atoms with Crippen LogP contribution >= 0.6 is 0 Å². The van der Waals surface area contributed by atoms with E-state index in [9.17, 15) is 24.0 Å². The third-order valence-electron chi connectivity index (χ3n) is 21.8. The molecule has 0 radical (unpaired) electrons. The lowest BCUT2D eigenvalue weighted by molar-refractivity contribution is -0.125. The molecule has 105 heavy (non-hydrogen) atoms. The maximum absolute atomic E-state index is 11.6. The number of carbonyl (C=O) groups is 6. The molecule has 0 aromatic heterocycles. The second-order valence-corrected chi connectivity index (χ2v) is 31.2. The zero-order valence-corrected chi connectivity index (χ0v) is 69.9. The van der Waals surface area contributed by atoms with Crippen LogP contribution in [-0.2, 0) is 24.0 Å². The maximum atomic E-state index is 11.6. The van der Waals surface area contributed by atoms with E-state index in [1.165, 1.54) is 190 Å². The highest BCUT2D eigenvalue weighted by molar-refractivity contribution is 5.88. The number of carbonyl (C=O) groups excluding carboxylic acids is 6. The van der Waals surface area contributed by atoms with Crippen molar-refractivity contribution < 1.29 is 28.8 Å². The van der Waals surface area contributed by atoms with E-state index in [2.05, 4.69) is 132 Å². The van der Waals surface area contributed by atoms with Crippen LogP contribution in [0.1, 0.15) is 335 Å². The molecule has 2 heterocycles. The first kappa shape index (κ1) is 99.0. The van der Waals surface area contributed by atoms with Crippen molar-refractivity contribution in [2.24, 2.45) is 47.3 Å². The third-order valence-corrected chi connectivity index (χ3v) is 21.8. The number of nitrogens with one attached hydrogen (secondary N) is 6. The summed E-state index contributed by atoms with van der Waals surface area (Å²) in [6.45, 7) is 43.0. The Kier molecular flexibility index (Phi) is 62.5. The van der Waals surface area contributed by atoms with Crippen LogP contribution in [-0.4, -0.2) is 85.7 Å². The van der Waals surface area contributed by atoms with Gasteiger partial charge in [0.25, 0.3) is 0 Å². The molecule has 8 aliphatic rings. The maximum Gasteiger partial charge on any atom is 0.317 e. The molecule has 2 aliphatic heterocycles. The number of unbranched alkanes of at least 4 members (excludes halogenated alkanes) is 4. The van der Waals surface area contributed by atoms with Crippen LogP contribution in [0.5, 0.6) is 0 Å². The fourth-order valence-corrected chi connectivity index (χ4v) is 15.0. The molecule has 6 N–H and O–H groups in total. The molecule has 13 nitrogen and oxygen atoms in total. The first-order chi connectivity index (χ1) is 50.7. The van der Waals surface area contributed by atoms with Gasteiger partial charge in [-0.2, -0.15) is 0 Å². The highest BCUT2D eigenvalue weighted by atomic mass is 16.2. The first-order valence-corrected chi connectivity index (χ1v) is 42.6. The van der Waals surface area contributed by atoms with Gasteiger partial charge in [-0.25, -0.2) is 4.79 Å². The highest BCUT2D eigenvalue weighted by Gasteiger charge is 2.29. The highest BCUT2D eigenvalue weighted by Crippen LogP contribution is 2.36. The molecule has 5 fully saturated rings. The van der Waals surface area contributed by atoms with Gasteiger partial charge in [0.15, 0.2) is 0 Å². The predicted molar refractivity (Wildman–Crippen MR) is 452 cm³/mol. The van der Waals surface area contributed by atoms with Gasteiger partial charge in [-0.05, 0) is 197 Å². The van der Waals surface area contributed by atoms with Crippen molar-refractivity contribution in [1.82, 2.24) is 36.8 Å². The molecule has 8 atom stereocenters. The SMILES string of the molecule is C/C=C/C(=O)NCCC1=CCCCC1.C/C=C/C=C/C(=O)NC1CCCCC1.C=C/C=C1\C=C(C)C/C(=C\C=C)N1.C=O.CCC1CCN(C(=O)NC(C)C)CC1.CCCC(=O)N[C@H]1CCC[C@@H](C)[C@@H]1C.CCCCCC[C@@H]1CCC[C@@H]1C.CCCC[C@@H]1CCC[C@@H]1C.CCCNC(=O)[C@@H]1CC=CCC1. The fraction of sp³-hybridized carbons (Fsp3) is 0.717. The Bertz CT molecular complexity index is 2540. The van der Waals surface area contributed by atoms with E-state index >= 15 is 0 Å². The number of piperidine rings is 1. The van der Waals surface area contributed by atoms with Crippen LogP contribution < -0.4 is 31.9 Å². The second kappa shape index (κ2) is 66.2. The van der Waals surface area contributed by atoms with E-state index in [-0.39, 0.29) is 41.6 Å². The minimum Gasteiger partial charge on any atom is -0.359 e. The Labute approximate surface area is 645 Å². The molecule has 6 amide bonds. The third kappa shape index (κ3) is 51.1. The Morgan fingerprint density at radius 2 is 1.27 bits per heavy atom. The molecule has 0 spiro atoms. The lowest BCUT2D eigenvalue weighted by Gasteiger charge is -2.34. The van der Waals surface area contributed by atoms with Crippen LogP contribution in [0, 0.1) is 47.3 Å². The van der Waals surface area contributed by atoms with Gasteiger partial charge in [0.2, 0.25) is 23.6 Å². The number of allylic oxidation sites excluding steroid dienone is 13. The Morgan fingerprint density at radius 3 is 1.81 bits per heavy atom. The first-order valence-electron chi connectivity index (χ1n) is 42.6. The lowest BCUT2D eigenvalue weighted by Crippen LogP contribution is -2.46. The van der Waals surface area contributed by atoms with Crippen molar-refractivity contribution >= 4 is 36.4 Å². The predicted octanol–water partition coefficient (Wildman–Crippen LogP) is 22.8. The summed E-state index contributed by atoms with van der Waals surface area (Å²) in [5.41, 5.74) is 5.13. The summed E-state index contributed by atoms with van der Waals surface area (Å²) in [5, 5.41) is 18.2. The summed E-state index contributed by atoms with van der Waals surface area (Å²) >= 11 is 0. The molecule has 8 rings (SSSR count). The van der Waals surface area contributed by atoms with E-state index in [1.54, 1.807) is 36.5 Å². The number of amides is 6. The largest absolute Gasteiger partial charge is 0.359 e. The standard InChI is InChI=1S/C12H23NO.2C12H19NO.C12H15N.C12H24.C11H22N2O.C10H17NO.C10H20.CH2O/c1-4-6-12(14)13-11-8-5-7-9(2)10(11)3;1-2-6-12(14)13-10-9-11-7-4-3-5-8-11;1-2-3-5-10-12(14)13-11-8-6-4-7-9-11;1-4-6-11-8-10(3)9-12(13-11)7-5-2;1-3-4-5-6-9-12-10-7-8-11(12)2;1-4-10-5-7-13(8-6-10)11(14)12-9(2)3;1-2-8-11-10(12)9-6-4-3-5-7-9;1-3-4-7-10-8-5-6-9(10)2;1-2/h9-11H,4-8H2,1-3H3,(H,13,14);2,6-7H,3-5,8-10H2,1H3,(H,13,14);2-3,5,10-11H,4,6-9H2,1H3,(H,13,14);4-8,13H,1-2,9H2,3H3;11-12H,3-10H2,1-2H3;9-10H,4-8H2,1-3H3,(H,12,14);3-4,9H,2,5-8H2,1H3,(H,11,12);9-10H,3-8H2,1-2H3;1H2/b;6-2+;3-2+,10-5+;11-6+,12-7+;;;;;/t9-,10+,11+;;;;11-,12+;;9-;9-,10+;/m1...0.10./s1. The van der Waals surface area contributed by atoms with E-state index in [0.717, 1.165) is 125 Å². The average molecular weight is 1460 g/mol. The number of rotatable bonds is 25. The Hall–Kier alpha value is -5.98. The summed E-state index contributed by atoms with van der Waals surface area (Å²) in [4.78, 5) is 66.8. The van der Waals surface area contributed by atoms with Gasteiger partial charge in [0.1, 0.15) is 6.79 Å². The second-order valence-electron chi connectivity index (χ2n) is 31.2. The number of hydrogen-bond acceptors (Lipinski definition) is 7. The van der Waals surface area contributed by atoms with Gasteiger partial charge in [-0.1, -0.05) is 270 Å². The molecule has 1 saturated heterocycles. The minimum atomic E-state index is 0.0175. The van der Waals surface area contributed by atoms with Crippen molar-refractivity contribution in [2.45, 2.75) is 353 Å². The van der Waals surface area contributed by atoms with Crippen molar-refractivity contribution in [3.05, 3.63) is 121 Å². The van der Waals surface area contributed by atoms with E-state index in [1.807, 2.05) is 70.6 Å². The van der Waals surface area contributed by atoms with Gasteiger partial charge >= 0.3 is 6.03 Å². The van der Waals surface area contributed by atoms with Crippen LogP contribution in [0.25, 0.3) is 0 Å². The molecule has 13 heteroatoms. The zero-order chi connectivity index (χ0) is 78.3. The number of likely N-dealkylation sites (tertiary alicyclic amines) is 1. The normalized spacial score (nSPS) is 23.5. The number of hydrogen-bond donors (Lipinski definition) is 6. The summed E-state index contributed by atoms with van der Waals surface area (Å²) in [7, 11) is 0. The van der Waals surface area contributed by atoms with Gasteiger partial charge in [-0.3, -0.25) is 19.2 Å². The number of urea groups is 1. The van der Waals surface area contributed by atoms with Gasteiger partial charge in [-0.15, -0.1) is 0 Å². The molecule has 0 bridgehead atoms. The summed E-state index contributed by atoms with van der Waals surface area (Å²) in [6, 6.07) is 1.19. The Morgan fingerprint density at radius 1 is 0.619 bits per heavy atom. The molecule has 600 valence electrons. The van der Waals surface area contributed by atoms with Crippen LogP contribution in [0.2, 0.25) is 0 Å².